The predicted molar refractivity (Wildman–Crippen MR) is 179 cm³/mol. The van der Waals surface area contributed by atoms with Gasteiger partial charge in [-0.25, -0.2) is 19.3 Å². The lowest BCUT2D eigenvalue weighted by Crippen LogP contribution is -2.36. The third-order valence-electron chi connectivity index (χ3n) is 7.40. The van der Waals surface area contributed by atoms with E-state index in [4.69, 9.17) is 29.2 Å². The van der Waals surface area contributed by atoms with Crippen molar-refractivity contribution in [3.05, 3.63) is 90.8 Å². The van der Waals surface area contributed by atoms with Crippen molar-refractivity contribution in [1.29, 1.82) is 0 Å². The number of nitrogens with zero attached hydrogens (tertiary/aromatic N) is 3. The molecule has 11 nitrogen and oxygen atoms in total. The first-order valence-electron chi connectivity index (χ1n) is 15.5. The monoisotopic (exact) mass is 645 g/mol. The van der Waals surface area contributed by atoms with E-state index in [1.54, 1.807) is 55.5 Å². The topological polar surface area (TPSA) is 140 Å². The maximum absolute atomic E-state index is 14.2. The number of aromatic nitrogens is 3. The lowest BCUT2D eigenvalue weighted by atomic mass is 10.1. The first-order valence-corrected chi connectivity index (χ1v) is 17.0. The van der Waals surface area contributed by atoms with Crippen LogP contribution in [0.5, 0.6) is 11.5 Å². The summed E-state index contributed by atoms with van der Waals surface area (Å²) in [5.74, 6) is 1.15. The van der Waals surface area contributed by atoms with Crippen molar-refractivity contribution in [2.45, 2.75) is 58.7 Å². The number of esters is 1. The fourth-order valence-corrected chi connectivity index (χ4v) is 6.80. The molecule has 3 aromatic carbocycles. The third-order valence-corrected chi connectivity index (χ3v) is 9.07. The third kappa shape index (κ3) is 7.92. The molecule has 0 aliphatic heterocycles. The van der Waals surface area contributed by atoms with Gasteiger partial charge in [0.05, 0.1) is 17.6 Å². The summed E-state index contributed by atoms with van der Waals surface area (Å²) in [5.41, 5.74) is 8.66. The van der Waals surface area contributed by atoms with Crippen LogP contribution in [0.4, 0.5) is 5.82 Å². The Morgan fingerprint density at radius 3 is 2.30 bits per heavy atom. The molecular formula is C34H40N5O6P. The Balaban J connectivity index is 1.42. The van der Waals surface area contributed by atoms with E-state index in [0.717, 1.165) is 35.1 Å². The highest BCUT2D eigenvalue weighted by Gasteiger charge is 2.33. The number of nitrogen functional groups attached to an aromatic ring is 1. The van der Waals surface area contributed by atoms with Crippen molar-refractivity contribution in [3.63, 3.8) is 0 Å². The Bertz CT molecular complexity index is 1800. The van der Waals surface area contributed by atoms with E-state index in [0.29, 0.717) is 35.9 Å². The molecule has 242 valence electrons. The molecule has 5 rings (SSSR count). The van der Waals surface area contributed by atoms with Crippen molar-refractivity contribution >= 4 is 41.5 Å². The fraction of sp³-hybridized carbons (Fsp3) is 0.324. The van der Waals surface area contributed by atoms with E-state index in [2.05, 4.69) is 21.6 Å². The van der Waals surface area contributed by atoms with Gasteiger partial charge in [-0.1, -0.05) is 67.9 Å². The lowest BCUT2D eigenvalue weighted by molar-refractivity contribution is -0.135. The zero-order valence-electron chi connectivity index (χ0n) is 26.3. The average Bonchev–Trinajstić information content (AvgIpc) is 3.44. The minimum atomic E-state index is -4.06. The molecular weight excluding hydrogens is 605 g/mol. The highest BCUT2D eigenvalue weighted by Crippen LogP contribution is 2.45. The van der Waals surface area contributed by atoms with Gasteiger partial charge in [-0.2, -0.15) is 5.09 Å². The molecule has 0 aliphatic rings. The summed E-state index contributed by atoms with van der Waals surface area (Å²) in [5, 5.41) is 3.70. The standard InChI is InChI=1S/C34H40N5O6P/c1-4-14-25(39-30(23-42-5-2)37-31-32(39)28-19-12-13-20-29(28)36-33(31)35)21-22-43-46(41,45-27-17-10-7-11-18-27)38-24(3)34(40)44-26-15-8-6-9-16-26/h6-13,15-20,24-25H,4-5,14,21-23H2,1-3H3,(H2,35,36)(H,38,41)/t24-,25+,46-/m0/s1. The second kappa shape index (κ2) is 15.3. The van der Waals surface area contributed by atoms with Crippen molar-refractivity contribution in [1.82, 2.24) is 19.6 Å². The molecule has 0 amide bonds. The minimum Gasteiger partial charge on any atom is -0.425 e. The van der Waals surface area contributed by atoms with Crippen LogP contribution in [0.25, 0.3) is 21.9 Å². The summed E-state index contributed by atoms with van der Waals surface area (Å²) < 4.78 is 39.5. The van der Waals surface area contributed by atoms with Gasteiger partial charge in [0.15, 0.2) is 5.82 Å². The zero-order valence-corrected chi connectivity index (χ0v) is 27.2. The summed E-state index contributed by atoms with van der Waals surface area (Å²) in [6.45, 7) is 6.46. The number of imidazole rings is 1. The summed E-state index contributed by atoms with van der Waals surface area (Å²) in [6, 6.07) is 24.1. The van der Waals surface area contributed by atoms with Crippen molar-refractivity contribution < 1.29 is 27.9 Å². The van der Waals surface area contributed by atoms with Crippen LogP contribution >= 0.6 is 7.75 Å². The molecule has 0 radical (unpaired) electrons. The fourth-order valence-electron chi connectivity index (χ4n) is 5.30. The molecule has 5 aromatic rings. The van der Waals surface area contributed by atoms with Crippen molar-refractivity contribution in [2.24, 2.45) is 0 Å². The number of hydrogen-bond acceptors (Lipinski definition) is 9. The molecule has 46 heavy (non-hydrogen) atoms. The zero-order chi connectivity index (χ0) is 32.5. The number of carbonyl (C=O) groups excluding carboxylic acids is 1. The summed E-state index contributed by atoms with van der Waals surface area (Å²) in [4.78, 5) is 22.4. The van der Waals surface area contributed by atoms with E-state index >= 15 is 0 Å². The molecule has 3 atom stereocenters. The van der Waals surface area contributed by atoms with Crippen LogP contribution in [-0.2, 0) is 25.2 Å². The molecule has 3 N–H and O–H groups in total. The van der Waals surface area contributed by atoms with Gasteiger partial charge in [-0.3, -0.25) is 4.52 Å². The second-order valence-electron chi connectivity index (χ2n) is 10.8. The van der Waals surface area contributed by atoms with Crippen LogP contribution in [0, 0.1) is 0 Å². The molecule has 0 saturated heterocycles. The van der Waals surface area contributed by atoms with Crippen molar-refractivity contribution in [2.75, 3.05) is 18.9 Å². The molecule has 0 bridgehead atoms. The lowest BCUT2D eigenvalue weighted by Gasteiger charge is -2.25. The molecule has 2 heterocycles. The molecule has 0 unspecified atom stereocenters. The van der Waals surface area contributed by atoms with Gasteiger partial charge in [0.25, 0.3) is 0 Å². The van der Waals surface area contributed by atoms with Crippen LogP contribution in [0.1, 0.15) is 51.9 Å². The second-order valence-corrected chi connectivity index (χ2v) is 12.5. The molecule has 0 fully saturated rings. The number of benzene rings is 3. The Morgan fingerprint density at radius 2 is 1.61 bits per heavy atom. The molecule has 0 spiro atoms. The molecule has 12 heteroatoms. The van der Waals surface area contributed by atoms with E-state index in [-0.39, 0.29) is 19.3 Å². The molecule has 0 aliphatic carbocycles. The smallest absolute Gasteiger partial charge is 0.425 e. The van der Waals surface area contributed by atoms with Crippen LogP contribution in [0.2, 0.25) is 0 Å². The van der Waals surface area contributed by atoms with Crippen molar-refractivity contribution in [3.8, 4) is 11.5 Å². The summed E-state index contributed by atoms with van der Waals surface area (Å²) in [7, 11) is -4.06. The number of pyridine rings is 1. The van der Waals surface area contributed by atoms with E-state index in [1.807, 2.05) is 43.3 Å². The summed E-state index contributed by atoms with van der Waals surface area (Å²) >= 11 is 0. The summed E-state index contributed by atoms with van der Waals surface area (Å²) in [6.07, 6.45) is 2.11. The maximum atomic E-state index is 14.2. The number of carbonyl (C=O) groups is 1. The van der Waals surface area contributed by atoms with Gasteiger partial charge in [-0.15, -0.1) is 0 Å². The first kappa shape index (κ1) is 33.1. The highest BCUT2D eigenvalue weighted by molar-refractivity contribution is 7.52. The SMILES string of the molecule is CCC[C@H](CCO[P@@](=O)(N[C@@H](C)C(=O)Oc1ccccc1)Oc1ccccc1)n1c(COCC)nc2c(N)nc3ccccc3c21. The Kier molecular flexibility index (Phi) is 11.0. The van der Waals surface area contributed by atoms with Crippen LogP contribution in [0.3, 0.4) is 0 Å². The van der Waals surface area contributed by atoms with E-state index < -0.39 is 19.8 Å². The number of anilines is 1. The largest absolute Gasteiger partial charge is 0.459 e. The van der Waals surface area contributed by atoms with E-state index in [9.17, 15) is 9.36 Å². The van der Waals surface area contributed by atoms with E-state index in [1.165, 1.54) is 0 Å². The number of rotatable bonds is 16. The number of fused-ring (bicyclic) bond motifs is 3. The number of hydrogen-bond donors (Lipinski definition) is 2. The normalized spacial score (nSPS) is 14.2. The average molecular weight is 646 g/mol. The highest BCUT2D eigenvalue weighted by atomic mass is 31.2. The predicted octanol–water partition coefficient (Wildman–Crippen LogP) is 7.22. The van der Waals surface area contributed by atoms with Gasteiger partial charge in [0, 0.05) is 18.0 Å². The quantitative estimate of drug-likeness (QED) is 0.0642. The van der Waals surface area contributed by atoms with Crippen LogP contribution < -0.4 is 20.1 Å². The number of ether oxygens (including phenoxy) is 2. The Morgan fingerprint density at radius 1 is 0.935 bits per heavy atom. The maximum Gasteiger partial charge on any atom is 0.459 e. The number of para-hydroxylation sites is 3. The number of nitrogens with two attached hydrogens (primary N) is 1. The van der Waals surface area contributed by atoms with Gasteiger partial charge >= 0.3 is 13.7 Å². The molecule has 2 aromatic heterocycles. The van der Waals surface area contributed by atoms with Gasteiger partial charge < -0.3 is 24.3 Å². The molecule has 0 saturated carbocycles. The van der Waals surface area contributed by atoms with Gasteiger partial charge in [0.2, 0.25) is 0 Å². The van der Waals surface area contributed by atoms with Gasteiger partial charge in [-0.05, 0) is 57.0 Å². The first-order chi connectivity index (χ1) is 22.3. The Labute approximate surface area is 268 Å². The Hall–Kier alpha value is -4.28. The minimum absolute atomic E-state index is 0.0501. The van der Waals surface area contributed by atoms with Crippen LogP contribution in [0.15, 0.2) is 84.9 Å². The number of nitrogens with one attached hydrogen (secondary N) is 1. The van der Waals surface area contributed by atoms with Crippen LogP contribution in [-0.4, -0.2) is 39.8 Å². The van der Waals surface area contributed by atoms with Gasteiger partial charge in [0.1, 0.15) is 35.5 Å².